The van der Waals surface area contributed by atoms with Gasteiger partial charge in [0.25, 0.3) is 5.91 Å². The van der Waals surface area contributed by atoms with Gasteiger partial charge in [-0.15, -0.1) is 0 Å². The van der Waals surface area contributed by atoms with Gasteiger partial charge in [-0.2, -0.15) is 5.10 Å². The molecule has 0 unspecified atom stereocenters. The molecule has 0 bridgehead atoms. The largest absolute Gasteiger partial charge is 0.496 e. The fourth-order valence-corrected chi connectivity index (χ4v) is 3.32. The molecule has 0 saturated heterocycles. The second-order valence-electron chi connectivity index (χ2n) is 5.94. The molecule has 0 N–H and O–H groups in total. The zero-order valence-corrected chi connectivity index (χ0v) is 15.7. The topological polar surface area (TPSA) is 73.7 Å². The molecule has 1 aromatic heterocycles. The third-order valence-electron chi connectivity index (χ3n) is 4.34. The van der Waals surface area contributed by atoms with Crippen molar-refractivity contribution in [2.24, 2.45) is 7.05 Å². The summed E-state index contributed by atoms with van der Waals surface area (Å²) < 4.78 is 11.9. The molecule has 2 heterocycles. The highest BCUT2D eigenvalue weighted by atomic mass is 35.5. The standard InChI is InChI=1S/C18H20ClN3O4/c1-4-26-18(24)16-13-10-22(8-7-14(13)20-21(16)2)17(23)12-9-11(19)5-6-15(12)25-3/h5-6,9H,4,7-8,10H2,1-3H3. The van der Waals surface area contributed by atoms with E-state index in [0.717, 1.165) is 11.3 Å². The van der Waals surface area contributed by atoms with Gasteiger partial charge < -0.3 is 14.4 Å². The number of hydrogen-bond donors (Lipinski definition) is 0. The van der Waals surface area contributed by atoms with Gasteiger partial charge in [0.2, 0.25) is 0 Å². The van der Waals surface area contributed by atoms with Crippen LogP contribution in [0, 0.1) is 0 Å². The van der Waals surface area contributed by atoms with Crippen LogP contribution < -0.4 is 4.74 Å². The molecule has 0 aliphatic carbocycles. The van der Waals surface area contributed by atoms with E-state index in [1.807, 2.05) is 0 Å². The van der Waals surface area contributed by atoms with E-state index >= 15 is 0 Å². The number of amides is 1. The summed E-state index contributed by atoms with van der Waals surface area (Å²) in [6.45, 7) is 2.82. The lowest BCUT2D eigenvalue weighted by atomic mass is 10.0. The van der Waals surface area contributed by atoms with Gasteiger partial charge in [-0.3, -0.25) is 9.48 Å². The number of methoxy groups -OCH3 is 1. The van der Waals surface area contributed by atoms with Crippen LogP contribution in [0.25, 0.3) is 0 Å². The average molecular weight is 378 g/mol. The van der Waals surface area contributed by atoms with Crippen molar-refractivity contribution in [3.05, 3.63) is 45.7 Å². The number of hydrogen-bond acceptors (Lipinski definition) is 5. The fourth-order valence-electron chi connectivity index (χ4n) is 3.15. The first-order valence-corrected chi connectivity index (χ1v) is 8.68. The number of aromatic nitrogens is 2. The second-order valence-corrected chi connectivity index (χ2v) is 6.38. The van der Waals surface area contributed by atoms with E-state index in [-0.39, 0.29) is 19.1 Å². The van der Waals surface area contributed by atoms with Crippen LogP contribution in [-0.2, 0) is 24.8 Å². The summed E-state index contributed by atoms with van der Waals surface area (Å²) in [5.74, 6) is -0.172. The van der Waals surface area contributed by atoms with Crippen LogP contribution in [-0.4, -0.2) is 46.8 Å². The monoisotopic (exact) mass is 377 g/mol. The summed E-state index contributed by atoms with van der Waals surface area (Å²) in [5, 5.41) is 4.86. The SMILES string of the molecule is CCOC(=O)c1c2c(nn1C)CCN(C(=O)c1cc(Cl)ccc1OC)C2. The molecule has 1 aliphatic rings. The molecule has 0 atom stereocenters. The lowest BCUT2D eigenvalue weighted by molar-refractivity contribution is 0.0508. The number of benzene rings is 1. The Morgan fingerprint density at radius 2 is 2.12 bits per heavy atom. The summed E-state index contributed by atoms with van der Waals surface area (Å²) in [4.78, 5) is 26.9. The third-order valence-corrected chi connectivity index (χ3v) is 4.58. The van der Waals surface area contributed by atoms with E-state index in [0.29, 0.717) is 35.0 Å². The van der Waals surface area contributed by atoms with Crippen LogP contribution in [0.1, 0.15) is 39.0 Å². The van der Waals surface area contributed by atoms with Crippen molar-refractivity contribution in [3.63, 3.8) is 0 Å². The molecule has 0 fully saturated rings. The van der Waals surface area contributed by atoms with Gasteiger partial charge in [-0.05, 0) is 25.1 Å². The van der Waals surface area contributed by atoms with Crippen LogP contribution in [0.3, 0.4) is 0 Å². The predicted molar refractivity (Wildman–Crippen MR) is 95.6 cm³/mol. The molecular weight excluding hydrogens is 358 g/mol. The molecule has 1 aromatic carbocycles. The minimum atomic E-state index is -0.432. The summed E-state index contributed by atoms with van der Waals surface area (Å²) >= 11 is 6.04. The number of esters is 1. The molecule has 0 radical (unpaired) electrons. The van der Waals surface area contributed by atoms with Crippen molar-refractivity contribution in [3.8, 4) is 5.75 Å². The Kier molecular flexibility index (Phi) is 5.18. The molecule has 7 nitrogen and oxygen atoms in total. The maximum absolute atomic E-state index is 13.0. The molecule has 1 amide bonds. The van der Waals surface area contributed by atoms with Crippen LogP contribution in [0.15, 0.2) is 18.2 Å². The normalized spacial score (nSPS) is 13.3. The number of ether oxygens (including phenoxy) is 2. The van der Waals surface area contributed by atoms with E-state index in [1.165, 1.54) is 11.8 Å². The summed E-state index contributed by atoms with van der Waals surface area (Å²) in [6, 6.07) is 4.93. The van der Waals surface area contributed by atoms with Crippen molar-refractivity contribution < 1.29 is 19.1 Å². The maximum atomic E-state index is 13.0. The first-order valence-electron chi connectivity index (χ1n) is 8.31. The van der Waals surface area contributed by atoms with Crippen molar-refractivity contribution in [2.75, 3.05) is 20.3 Å². The molecule has 3 rings (SSSR count). The van der Waals surface area contributed by atoms with Gasteiger partial charge >= 0.3 is 5.97 Å². The molecule has 138 valence electrons. The van der Waals surface area contributed by atoms with Crippen molar-refractivity contribution in [1.29, 1.82) is 0 Å². The van der Waals surface area contributed by atoms with Crippen molar-refractivity contribution >= 4 is 23.5 Å². The van der Waals surface area contributed by atoms with Crippen LogP contribution in [0.4, 0.5) is 0 Å². The molecule has 26 heavy (non-hydrogen) atoms. The molecule has 0 spiro atoms. The van der Waals surface area contributed by atoms with Crippen LogP contribution in [0.2, 0.25) is 5.02 Å². The van der Waals surface area contributed by atoms with E-state index < -0.39 is 5.97 Å². The molecule has 8 heteroatoms. The van der Waals surface area contributed by atoms with Crippen LogP contribution >= 0.6 is 11.6 Å². The zero-order valence-electron chi connectivity index (χ0n) is 14.9. The molecular formula is C18H20ClN3O4. The summed E-state index contributed by atoms with van der Waals surface area (Å²) in [6.07, 6.45) is 0.567. The quantitative estimate of drug-likeness (QED) is 0.765. The predicted octanol–water partition coefficient (Wildman–Crippen LogP) is 2.46. The molecule has 0 saturated carbocycles. The highest BCUT2D eigenvalue weighted by molar-refractivity contribution is 6.31. The molecule has 2 aromatic rings. The Morgan fingerprint density at radius 1 is 1.35 bits per heavy atom. The van der Waals surface area contributed by atoms with Crippen molar-refractivity contribution in [1.82, 2.24) is 14.7 Å². The lowest BCUT2D eigenvalue weighted by Gasteiger charge is -2.27. The Morgan fingerprint density at radius 3 is 2.81 bits per heavy atom. The number of halogens is 1. The number of carbonyl (C=O) groups excluding carboxylic acids is 2. The highest BCUT2D eigenvalue weighted by Crippen LogP contribution is 2.28. The molecule has 1 aliphatic heterocycles. The lowest BCUT2D eigenvalue weighted by Crippen LogP contribution is -2.36. The smallest absolute Gasteiger partial charge is 0.356 e. The number of rotatable bonds is 4. The fraction of sp³-hybridized carbons (Fsp3) is 0.389. The number of nitrogens with zero attached hydrogens (tertiary/aromatic N) is 3. The average Bonchev–Trinajstić information content (AvgIpc) is 2.96. The first-order chi connectivity index (χ1) is 12.5. The minimum Gasteiger partial charge on any atom is -0.496 e. The third kappa shape index (κ3) is 3.26. The summed E-state index contributed by atoms with van der Waals surface area (Å²) in [5.41, 5.74) is 2.33. The van der Waals surface area contributed by atoms with Crippen LogP contribution in [0.5, 0.6) is 5.75 Å². The van der Waals surface area contributed by atoms with Gasteiger partial charge in [-0.1, -0.05) is 11.6 Å². The number of aryl methyl sites for hydroxylation is 1. The van der Waals surface area contributed by atoms with Gasteiger partial charge in [0.05, 0.1) is 31.5 Å². The maximum Gasteiger partial charge on any atom is 0.356 e. The van der Waals surface area contributed by atoms with Gasteiger partial charge in [0.15, 0.2) is 5.69 Å². The Bertz CT molecular complexity index is 862. The first kappa shape index (κ1) is 18.3. The number of carbonyl (C=O) groups is 2. The second kappa shape index (κ2) is 7.37. The van der Waals surface area contributed by atoms with E-state index in [2.05, 4.69) is 5.10 Å². The highest BCUT2D eigenvalue weighted by Gasteiger charge is 2.31. The number of fused-ring (bicyclic) bond motifs is 1. The van der Waals surface area contributed by atoms with Gasteiger partial charge in [0, 0.05) is 30.6 Å². The van der Waals surface area contributed by atoms with Gasteiger partial charge in [-0.25, -0.2) is 4.79 Å². The Balaban J connectivity index is 1.92. The Hall–Kier alpha value is -2.54. The van der Waals surface area contributed by atoms with E-state index in [1.54, 1.807) is 37.1 Å². The van der Waals surface area contributed by atoms with Crippen molar-refractivity contribution in [2.45, 2.75) is 19.9 Å². The summed E-state index contributed by atoms with van der Waals surface area (Å²) in [7, 11) is 3.21. The Labute approximate surface area is 156 Å². The van der Waals surface area contributed by atoms with E-state index in [9.17, 15) is 9.59 Å². The van der Waals surface area contributed by atoms with E-state index in [4.69, 9.17) is 21.1 Å². The van der Waals surface area contributed by atoms with Gasteiger partial charge in [0.1, 0.15) is 5.75 Å². The minimum absolute atomic E-state index is 0.200. The zero-order chi connectivity index (χ0) is 18.8.